The molecule has 0 radical (unpaired) electrons. The van der Waals surface area contributed by atoms with E-state index in [9.17, 15) is 0 Å². The molecular formula is C15H16. The summed E-state index contributed by atoms with van der Waals surface area (Å²) in [7, 11) is 0. The zero-order valence-corrected chi connectivity index (χ0v) is 8.89. The van der Waals surface area contributed by atoms with Crippen molar-refractivity contribution in [2.75, 3.05) is 0 Å². The Hall–Kier alpha value is -1.56. The van der Waals surface area contributed by atoms with Crippen molar-refractivity contribution < 1.29 is 0 Å². The molecule has 0 spiro atoms. The monoisotopic (exact) mass is 196 g/mol. The van der Waals surface area contributed by atoms with Crippen LogP contribution in [0, 0.1) is 0 Å². The average molecular weight is 196 g/mol. The first-order valence-corrected chi connectivity index (χ1v) is 5.53. The SMILES string of the molecule is c1ccc2c(c1)CCC2.c1ccccc1. The van der Waals surface area contributed by atoms with Gasteiger partial charge in [0.1, 0.15) is 0 Å². The number of hydrogen-bond donors (Lipinski definition) is 0. The molecule has 15 heavy (non-hydrogen) atoms. The zero-order chi connectivity index (χ0) is 10.3. The van der Waals surface area contributed by atoms with Crippen LogP contribution in [0.5, 0.6) is 0 Å². The number of rotatable bonds is 0. The van der Waals surface area contributed by atoms with Gasteiger partial charge in [-0.1, -0.05) is 60.7 Å². The van der Waals surface area contributed by atoms with Gasteiger partial charge in [-0.25, -0.2) is 0 Å². The minimum absolute atomic E-state index is 1.30. The molecule has 1 aliphatic rings. The second-order valence-corrected chi connectivity index (χ2v) is 3.78. The number of hydrogen-bond acceptors (Lipinski definition) is 0. The van der Waals surface area contributed by atoms with Gasteiger partial charge in [-0.05, 0) is 30.4 Å². The second kappa shape index (κ2) is 5.35. The van der Waals surface area contributed by atoms with Gasteiger partial charge in [-0.15, -0.1) is 0 Å². The van der Waals surface area contributed by atoms with Gasteiger partial charge in [0.15, 0.2) is 0 Å². The predicted octanol–water partition coefficient (Wildman–Crippen LogP) is 3.86. The number of aryl methyl sites for hydroxylation is 2. The normalized spacial score (nSPS) is 12.5. The molecule has 0 aliphatic heterocycles. The van der Waals surface area contributed by atoms with Crippen molar-refractivity contribution in [2.45, 2.75) is 19.3 Å². The van der Waals surface area contributed by atoms with Crippen molar-refractivity contribution in [3.05, 3.63) is 71.8 Å². The van der Waals surface area contributed by atoms with Crippen LogP contribution in [0.15, 0.2) is 60.7 Å². The Kier molecular flexibility index (Phi) is 3.56. The first-order chi connectivity index (χ1) is 7.47. The minimum Gasteiger partial charge on any atom is -0.0623 e. The molecule has 0 saturated carbocycles. The largest absolute Gasteiger partial charge is 0.0623 e. The van der Waals surface area contributed by atoms with Gasteiger partial charge < -0.3 is 0 Å². The first-order valence-electron chi connectivity index (χ1n) is 5.53. The van der Waals surface area contributed by atoms with Crippen LogP contribution in [-0.2, 0) is 12.8 Å². The highest BCUT2D eigenvalue weighted by atomic mass is 14.1. The van der Waals surface area contributed by atoms with Crippen molar-refractivity contribution >= 4 is 0 Å². The van der Waals surface area contributed by atoms with Gasteiger partial charge in [0.2, 0.25) is 0 Å². The van der Waals surface area contributed by atoms with Crippen LogP contribution in [0.25, 0.3) is 0 Å². The van der Waals surface area contributed by atoms with Gasteiger partial charge in [0, 0.05) is 0 Å². The van der Waals surface area contributed by atoms with E-state index in [2.05, 4.69) is 24.3 Å². The van der Waals surface area contributed by atoms with Crippen LogP contribution in [0.2, 0.25) is 0 Å². The molecule has 0 heteroatoms. The van der Waals surface area contributed by atoms with Crippen molar-refractivity contribution in [1.29, 1.82) is 0 Å². The number of fused-ring (bicyclic) bond motifs is 1. The summed E-state index contributed by atoms with van der Waals surface area (Å²) in [5.41, 5.74) is 3.13. The highest BCUT2D eigenvalue weighted by Gasteiger charge is 2.07. The molecule has 0 fully saturated rings. The second-order valence-electron chi connectivity index (χ2n) is 3.78. The lowest BCUT2D eigenvalue weighted by molar-refractivity contribution is 0.912. The lowest BCUT2D eigenvalue weighted by Gasteiger charge is -1.93. The summed E-state index contributed by atoms with van der Waals surface area (Å²) in [5.74, 6) is 0. The first kappa shape index (κ1) is 9.97. The van der Waals surface area contributed by atoms with Crippen LogP contribution < -0.4 is 0 Å². The fraction of sp³-hybridized carbons (Fsp3) is 0.200. The van der Waals surface area contributed by atoms with E-state index < -0.39 is 0 Å². The molecule has 0 nitrogen and oxygen atoms in total. The van der Waals surface area contributed by atoms with E-state index in [-0.39, 0.29) is 0 Å². The smallest absolute Gasteiger partial charge is 0.0273 e. The summed E-state index contributed by atoms with van der Waals surface area (Å²) in [4.78, 5) is 0. The molecule has 0 amide bonds. The Morgan fingerprint density at radius 3 is 1.33 bits per heavy atom. The Morgan fingerprint density at radius 1 is 0.533 bits per heavy atom. The lowest BCUT2D eigenvalue weighted by Crippen LogP contribution is -1.77. The molecular weight excluding hydrogens is 180 g/mol. The zero-order valence-electron chi connectivity index (χ0n) is 8.89. The van der Waals surface area contributed by atoms with Crippen molar-refractivity contribution in [3.63, 3.8) is 0 Å². The van der Waals surface area contributed by atoms with Crippen LogP contribution in [-0.4, -0.2) is 0 Å². The van der Waals surface area contributed by atoms with Crippen LogP contribution >= 0.6 is 0 Å². The summed E-state index contributed by atoms with van der Waals surface area (Å²) in [5, 5.41) is 0. The van der Waals surface area contributed by atoms with Gasteiger partial charge in [-0.3, -0.25) is 0 Å². The third kappa shape index (κ3) is 2.95. The predicted molar refractivity (Wildman–Crippen MR) is 64.9 cm³/mol. The summed E-state index contributed by atoms with van der Waals surface area (Å²) < 4.78 is 0. The van der Waals surface area contributed by atoms with Crippen LogP contribution in [0.4, 0.5) is 0 Å². The molecule has 0 atom stereocenters. The Labute approximate surface area is 91.6 Å². The van der Waals surface area contributed by atoms with Crippen LogP contribution in [0.3, 0.4) is 0 Å². The average Bonchev–Trinajstić information content (AvgIpc) is 2.80. The van der Waals surface area contributed by atoms with E-state index >= 15 is 0 Å². The van der Waals surface area contributed by atoms with E-state index in [1.165, 1.54) is 19.3 Å². The third-order valence-corrected chi connectivity index (χ3v) is 2.68. The molecule has 0 saturated heterocycles. The van der Waals surface area contributed by atoms with Gasteiger partial charge in [-0.2, -0.15) is 0 Å². The van der Waals surface area contributed by atoms with E-state index in [1.54, 1.807) is 11.1 Å². The molecule has 76 valence electrons. The van der Waals surface area contributed by atoms with Gasteiger partial charge in [0.05, 0.1) is 0 Å². The molecule has 1 aliphatic carbocycles. The maximum Gasteiger partial charge on any atom is -0.0273 e. The van der Waals surface area contributed by atoms with Crippen LogP contribution in [0.1, 0.15) is 17.5 Å². The summed E-state index contributed by atoms with van der Waals surface area (Å²) in [6.07, 6.45) is 3.96. The molecule has 0 aromatic heterocycles. The fourth-order valence-corrected chi connectivity index (χ4v) is 1.90. The minimum atomic E-state index is 1.30. The molecule has 0 bridgehead atoms. The van der Waals surface area contributed by atoms with Gasteiger partial charge in [0.25, 0.3) is 0 Å². The Balaban J connectivity index is 0.000000124. The molecule has 0 unspecified atom stereocenters. The molecule has 0 N–H and O–H groups in total. The van der Waals surface area contributed by atoms with E-state index in [0.29, 0.717) is 0 Å². The summed E-state index contributed by atoms with van der Waals surface area (Å²) in [6, 6.07) is 20.7. The van der Waals surface area contributed by atoms with Crippen molar-refractivity contribution in [3.8, 4) is 0 Å². The maximum absolute atomic E-state index is 2.24. The molecule has 0 heterocycles. The van der Waals surface area contributed by atoms with E-state index in [1.807, 2.05) is 36.4 Å². The summed E-state index contributed by atoms with van der Waals surface area (Å²) >= 11 is 0. The number of benzene rings is 2. The quantitative estimate of drug-likeness (QED) is 0.600. The molecule has 2 aromatic rings. The lowest BCUT2D eigenvalue weighted by atomic mass is 10.1. The van der Waals surface area contributed by atoms with Gasteiger partial charge >= 0.3 is 0 Å². The fourth-order valence-electron chi connectivity index (χ4n) is 1.90. The maximum atomic E-state index is 2.24. The van der Waals surface area contributed by atoms with Crippen molar-refractivity contribution in [2.24, 2.45) is 0 Å². The summed E-state index contributed by atoms with van der Waals surface area (Å²) in [6.45, 7) is 0. The Morgan fingerprint density at radius 2 is 0.933 bits per heavy atom. The molecule has 2 aromatic carbocycles. The topological polar surface area (TPSA) is 0 Å². The Bertz CT molecular complexity index is 340. The highest BCUT2D eigenvalue weighted by Crippen LogP contribution is 2.20. The van der Waals surface area contributed by atoms with E-state index in [4.69, 9.17) is 0 Å². The standard InChI is InChI=1S/C9H10.C6H6/c1-2-5-9-7-3-6-8(9)4-1;1-2-4-6-5-3-1/h1-2,4-5H,3,6-7H2;1-6H. The third-order valence-electron chi connectivity index (χ3n) is 2.68. The van der Waals surface area contributed by atoms with E-state index in [0.717, 1.165) is 0 Å². The van der Waals surface area contributed by atoms with Crippen molar-refractivity contribution in [1.82, 2.24) is 0 Å². The highest BCUT2D eigenvalue weighted by molar-refractivity contribution is 5.30. The molecule has 3 rings (SSSR count).